The highest BCUT2D eigenvalue weighted by Gasteiger charge is 2.15. The minimum atomic E-state index is 0.736. The third-order valence-corrected chi connectivity index (χ3v) is 3.82. The van der Waals surface area contributed by atoms with Crippen LogP contribution < -0.4 is 4.74 Å². The number of aryl methyl sites for hydroxylation is 1. The van der Waals surface area contributed by atoms with Crippen LogP contribution in [0.2, 0.25) is 0 Å². The molecule has 22 heavy (non-hydrogen) atoms. The number of pyridine rings is 2. The lowest BCUT2D eigenvalue weighted by atomic mass is 10.0. The summed E-state index contributed by atoms with van der Waals surface area (Å²) in [5, 5.41) is 0.947. The molecule has 0 aliphatic heterocycles. The largest absolute Gasteiger partial charge is 0.494 e. The number of benzene rings is 1. The molecule has 0 atom stereocenters. The number of nitrogens with zero attached hydrogens (tertiary/aromatic N) is 2. The molecule has 0 fully saturated rings. The third kappa shape index (κ3) is 2.35. The Kier molecular flexibility index (Phi) is 3.88. The van der Waals surface area contributed by atoms with Crippen molar-refractivity contribution in [1.82, 2.24) is 9.97 Å². The van der Waals surface area contributed by atoms with Crippen molar-refractivity contribution < 1.29 is 4.74 Å². The molecule has 0 amide bonds. The van der Waals surface area contributed by atoms with Crippen LogP contribution in [0.25, 0.3) is 28.2 Å². The second-order valence-corrected chi connectivity index (χ2v) is 5.05. The van der Waals surface area contributed by atoms with Crippen LogP contribution in [0.5, 0.6) is 5.75 Å². The molecule has 3 aromatic rings. The van der Waals surface area contributed by atoms with E-state index in [9.17, 15) is 0 Å². The second-order valence-electron chi connectivity index (χ2n) is 5.05. The van der Waals surface area contributed by atoms with E-state index in [1.165, 1.54) is 5.56 Å². The summed E-state index contributed by atoms with van der Waals surface area (Å²) in [4.78, 5) is 8.95. The van der Waals surface area contributed by atoms with E-state index >= 15 is 0 Å². The van der Waals surface area contributed by atoms with Crippen molar-refractivity contribution >= 4 is 17.0 Å². The Morgan fingerprint density at radius 1 is 1.18 bits per heavy atom. The van der Waals surface area contributed by atoms with E-state index in [4.69, 9.17) is 9.72 Å². The van der Waals surface area contributed by atoms with Crippen LogP contribution >= 0.6 is 0 Å². The van der Waals surface area contributed by atoms with Gasteiger partial charge in [0, 0.05) is 28.9 Å². The van der Waals surface area contributed by atoms with Gasteiger partial charge in [0.1, 0.15) is 5.69 Å². The van der Waals surface area contributed by atoms with E-state index in [0.29, 0.717) is 0 Å². The van der Waals surface area contributed by atoms with Gasteiger partial charge in [-0.2, -0.15) is 0 Å². The number of hydrogen-bond donors (Lipinski definition) is 0. The Hall–Kier alpha value is -2.68. The fourth-order valence-electron chi connectivity index (χ4n) is 2.62. The first-order valence-electron chi connectivity index (χ1n) is 7.32. The molecule has 0 spiro atoms. The average Bonchev–Trinajstić information content (AvgIpc) is 2.60. The lowest BCUT2D eigenvalue weighted by Crippen LogP contribution is -1.97. The maximum atomic E-state index is 5.62. The average molecular weight is 290 g/mol. The third-order valence-electron chi connectivity index (χ3n) is 3.82. The standard InChI is InChI=1S/C19H18N2O/c1-4-13-6-8-14(9-7-13)18-19(22-3)15(5-2)16-12-20-11-10-17(16)21-18/h5-12H,2,4H2,1,3H3. The van der Waals surface area contributed by atoms with Crippen molar-refractivity contribution in [2.75, 3.05) is 7.11 Å². The summed E-state index contributed by atoms with van der Waals surface area (Å²) in [6.07, 6.45) is 6.37. The van der Waals surface area contributed by atoms with Crippen LogP contribution in [0.4, 0.5) is 0 Å². The molecule has 0 saturated carbocycles. The molecule has 0 aliphatic carbocycles. The Bertz CT molecular complexity index is 823. The molecule has 0 unspecified atom stereocenters. The quantitative estimate of drug-likeness (QED) is 0.709. The molecule has 0 saturated heterocycles. The normalized spacial score (nSPS) is 10.6. The number of fused-ring (bicyclic) bond motifs is 1. The van der Waals surface area contributed by atoms with Crippen LogP contribution in [-0.4, -0.2) is 17.1 Å². The highest BCUT2D eigenvalue weighted by molar-refractivity contribution is 5.93. The van der Waals surface area contributed by atoms with Gasteiger partial charge in [-0.3, -0.25) is 4.98 Å². The van der Waals surface area contributed by atoms with Crippen molar-refractivity contribution in [2.45, 2.75) is 13.3 Å². The van der Waals surface area contributed by atoms with Gasteiger partial charge in [0.2, 0.25) is 0 Å². The summed E-state index contributed by atoms with van der Waals surface area (Å²) in [5.74, 6) is 0.736. The van der Waals surface area contributed by atoms with Gasteiger partial charge in [0.15, 0.2) is 5.75 Å². The van der Waals surface area contributed by atoms with Crippen molar-refractivity contribution in [2.24, 2.45) is 0 Å². The highest BCUT2D eigenvalue weighted by atomic mass is 16.5. The summed E-state index contributed by atoms with van der Waals surface area (Å²) in [6.45, 7) is 6.06. The molecular formula is C19H18N2O. The van der Waals surface area contributed by atoms with Crippen LogP contribution in [0.3, 0.4) is 0 Å². The minimum absolute atomic E-state index is 0.736. The van der Waals surface area contributed by atoms with E-state index in [2.05, 4.69) is 42.8 Å². The number of aromatic nitrogens is 2. The predicted molar refractivity (Wildman–Crippen MR) is 91.0 cm³/mol. The SMILES string of the molecule is C=Cc1c(OC)c(-c2ccc(CC)cc2)nc2ccncc12. The zero-order valence-electron chi connectivity index (χ0n) is 12.8. The van der Waals surface area contributed by atoms with Gasteiger partial charge >= 0.3 is 0 Å². The van der Waals surface area contributed by atoms with Crippen molar-refractivity contribution in [3.05, 3.63) is 60.4 Å². The number of rotatable bonds is 4. The molecular weight excluding hydrogens is 272 g/mol. The van der Waals surface area contributed by atoms with Gasteiger partial charge in [-0.05, 0) is 18.1 Å². The molecule has 3 heteroatoms. The lowest BCUT2D eigenvalue weighted by Gasteiger charge is -2.14. The van der Waals surface area contributed by atoms with Gasteiger partial charge in [0.25, 0.3) is 0 Å². The smallest absolute Gasteiger partial charge is 0.153 e. The molecule has 0 radical (unpaired) electrons. The van der Waals surface area contributed by atoms with E-state index in [1.807, 2.05) is 6.07 Å². The first-order chi connectivity index (χ1) is 10.8. The van der Waals surface area contributed by atoms with Crippen LogP contribution in [0.1, 0.15) is 18.1 Å². The molecule has 0 aliphatic rings. The monoisotopic (exact) mass is 290 g/mol. The first kappa shape index (κ1) is 14.3. The summed E-state index contributed by atoms with van der Waals surface area (Å²) in [7, 11) is 1.66. The first-order valence-corrected chi connectivity index (χ1v) is 7.32. The number of hydrogen-bond acceptors (Lipinski definition) is 3. The molecule has 110 valence electrons. The summed E-state index contributed by atoms with van der Waals surface area (Å²) in [5.41, 5.74) is 4.99. The Balaban J connectivity index is 2.29. The van der Waals surface area contributed by atoms with Crippen LogP contribution in [0, 0.1) is 0 Å². The fraction of sp³-hybridized carbons (Fsp3) is 0.158. The summed E-state index contributed by atoms with van der Waals surface area (Å²) in [6, 6.07) is 10.3. The van der Waals surface area contributed by atoms with Gasteiger partial charge in [-0.1, -0.05) is 43.8 Å². The molecule has 0 N–H and O–H groups in total. The van der Waals surface area contributed by atoms with E-state index in [0.717, 1.165) is 39.9 Å². The zero-order chi connectivity index (χ0) is 15.5. The molecule has 1 aromatic carbocycles. The van der Waals surface area contributed by atoms with E-state index in [1.54, 1.807) is 25.6 Å². The van der Waals surface area contributed by atoms with Gasteiger partial charge in [-0.25, -0.2) is 4.98 Å². The van der Waals surface area contributed by atoms with Gasteiger partial charge < -0.3 is 4.74 Å². The van der Waals surface area contributed by atoms with Crippen molar-refractivity contribution in [3.8, 4) is 17.0 Å². The highest BCUT2D eigenvalue weighted by Crippen LogP contribution is 2.36. The van der Waals surface area contributed by atoms with Crippen LogP contribution in [0.15, 0.2) is 49.3 Å². The second kappa shape index (κ2) is 5.98. The Morgan fingerprint density at radius 2 is 1.95 bits per heavy atom. The molecule has 3 rings (SSSR count). The molecule has 0 bridgehead atoms. The van der Waals surface area contributed by atoms with Crippen molar-refractivity contribution in [3.63, 3.8) is 0 Å². The summed E-state index contributed by atoms with van der Waals surface area (Å²) < 4.78 is 5.62. The van der Waals surface area contributed by atoms with Crippen molar-refractivity contribution in [1.29, 1.82) is 0 Å². The molecule has 3 nitrogen and oxygen atoms in total. The molecule has 2 heterocycles. The minimum Gasteiger partial charge on any atom is -0.494 e. The Labute approximate surface area is 130 Å². The topological polar surface area (TPSA) is 35.0 Å². The summed E-state index contributed by atoms with van der Waals surface area (Å²) >= 11 is 0. The maximum absolute atomic E-state index is 5.62. The predicted octanol–water partition coefficient (Wildman–Crippen LogP) is 4.51. The maximum Gasteiger partial charge on any atom is 0.153 e. The zero-order valence-corrected chi connectivity index (χ0v) is 12.8. The van der Waals surface area contributed by atoms with E-state index < -0.39 is 0 Å². The van der Waals surface area contributed by atoms with Gasteiger partial charge in [0.05, 0.1) is 12.6 Å². The number of ether oxygens (including phenoxy) is 1. The fourth-order valence-corrected chi connectivity index (χ4v) is 2.62. The van der Waals surface area contributed by atoms with E-state index in [-0.39, 0.29) is 0 Å². The molecule has 2 aromatic heterocycles. The lowest BCUT2D eigenvalue weighted by molar-refractivity contribution is 0.414. The van der Waals surface area contributed by atoms with Crippen LogP contribution in [-0.2, 0) is 6.42 Å². The Morgan fingerprint density at radius 3 is 2.59 bits per heavy atom. The van der Waals surface area contributed by atoms with Gasteiger partial charge in [-0.15, -0.1) is 0 Å². The number of methoxy groups -OCH3 is 1.